The molecule has 0 bridgehead atoms. The lowest BCUT2D eigenvalue weighted by atomic mass is 9.94. The summed E-state index contributed by atoms with van der Waals surface area (Å²) in [6.07, 6.45) is 5.08. The van der Waals surface area contributed by atoms with Gasteiger partial charge in [-0.05, 0) is 18.8 Å². The quantitative estimate of drug-likeness (QED) is 0.658. The van der Waals surface area contributed by atoms with Gasteiger partial charge in [-0.15, -0.1) is 0 Å². The molecule has 1 saturated carbocycles. The Morgan fingerprint density at radius 3 is 2.64 bits per heavy atom. The average molecular weight is 170 g/mol. The van der Waals surface area contributed by atoms with Gasteiger partial charge < -0.3 is 0 Å². The predicted molar refractivity (Wildman–Crippen MR) is 47.7 cm³/mol. The van der Waals surface area contributed by atoms with Gasteiger partial charge in [0.05, 0.1) is 12.0 Å². The summed E-state index contributed by atoms with van der Waals surface area (Å²) in [6.45, 7) is 0. The van der Waals surface area contributed by atoms with Gasteiger partial charge in [-0.3, -0.25) is 5.14 Å². The zero-order valence-electron chi connectivity index (χ0n) is 6.62. The molecule has 0 heterocycles. The van der Waals surface area contributed by atoms with Crippen molar-refractivity contribution in [2.45, 2.75) is 25.7 Å². The van der Waals surface area contributed by atoms with E-state index in [1.807, 2.05) is 0 Å². The fourth-order valence-corrected chi connectivity index (χ4v) is 2.30. The lowest BCUT2D eigenvalue weighted by Crippen LogP contribution is -2.13. The number of nitrogens with zero attached hydrogens (tertiary/aromatic N) is 1. The number of nitriles is 1. The molecule has 0 aliphatic heterocycles. The summed E-state index contributed by atoms with van der Waals surface area (Å²) < 4.78 is 0. The lowest BCUT2D eigenvalue weighted by molar-refractivity contribution is 0.448. The fourth-order valence-electron chi connectivity index (χ4n) is 1.74. The Morgan fingerprint density at radius 1 is 1.55 bits per heavy atom. The fraction of sp³-hybridized carbons (Fsp3) is 0.875. The first-order valence-electron chi connectivity index (χ1n) is 4.09. The summed E-state index contributed by atoms with van der Waals surface area (Å²) in [5.41, 5.74) is 0. The summed E-state index contributed by atoms with van der Waals surface area (Å²) in [5.74, 6) is 1.64. The Labute approximate surface area is 72.3 Å². The van der Waals surface area contributed by atoms with E-state index in [9.17, 15) is 0 Å². The van der Waals surface area contributed by atoms with E-state index in [-0.39, 0.29) is 5.92 Å². The van der Waals surface area contributed by atoms with Crippen molar-refractivity contribution < 1.29 is 0 Å². The lowest BCUT2D eigenvalue weighted by Gasteiger charge is -2.13. The normalized spacial score (nSPS) is 21.5. The van der Waals surface area contributed by atoms with Crippen LogP contribution in [0, 0.1) is 23.2 Å². The van der Waals surface area contributed by atoms with Gasteiger partial charge in [-0.1, -0.05) is 24.8 Å². The molecule has 2 N–H and O–H groups in total. The molecule has 1 fully saturated rings. The van der Waals surface area contributed by atoms with E-state index in [0.29, 0.717) is 5.92 Å². The van der Waals surface area contributed by atoms with E-state index >= 15 is 0 Å². The van der Waals surface area contributed by atoms with E-state index < -0.39 is 0 Å². The molecule has 1 unspecified atom stereocenters. The highest BCUT2D eigenvalue weighted by molar-refractivity contribution is 7.97. The van der Waals surface area contributed by atoms with E-state index in [4.69, 9.17) is 10.4 Å². The van der Waals surface area contributed by atoms with Crippen molar-refractivity contribution >= 4 is 11.9 Å². The van der Waals surface area contributed by atoms with E-state index in [1.54, 1.807) is 0 Å². The predicted octanol–water partition coefficient (Wildman–Crippen LogP) is 1.92. The van der Waals surface area contributed by atoms with E-state index in [1.165, 1.54) is 37.6 Å². The van der Waals surface area contributed by atoms with E-state index in [2.05, 4.69) is 6.07 Å². The van der Waals surface area contributed by atoms with Gasteiger partial charge in [0.2, 0.25) is 0 Å². The summed E-state index contributed by atoms with van der Waals surface area (Å²) in [4.78, 5) is 0. The highest BCUT2D eigenvalue weighted by Crippen LogP contribution is 2.31. The van der Waals surface area contributed by atoms with Crippen LogP contribution in [-0.4, -0.2) is 5.75 Å². The first-order chi connectivity index (χ1) is 5.38. The third-order valence-corrected chi connectivity index (χ3v) is 2.96. The maximum absolute atomic E-state index is 8.80. The Morgan fingerprint density at radius 2 is 2.18 bits per heavy atom. The standard InChI is InChI=1S/C8H14N2S/c9-5-8(6-11-10)7-3-1-2-4-7/h7-8H,1-4,6,10H2. The van der Waals surface area contributed by atoms with Crippen LogP contribution < -0.4 is 5.14 Å². The molecular weight excluding hydrogens is 156 g/mol. The third-order valence-electron chi connectivity index (χ3n) is 2.41. The molecule has 2 nitrogen and oxygen atoms in total. The zero-order valence-corrected chi connectivity index (χ0v) is 7.44. The molecule has 62 valence electrons. The molecule has 0 aromatic carbocycles. The molecule has 0 spiro atoms. The van der Waals surface area contributed by atoms with Crippen molar-refractivity contribution in [3.63, 3.8) is 0 Å². The smallest absolute Gasteiger partial charge is 0.0667 e. The molecule has 11 heavy (non-hydrogen) atoms. The van der Waals surface area contributed by atoms with Gasteiger partial charge in [-0.25, -0.2) is 0 Å². The van der Waals surface area contributed by atoms with Gasteiger partial charge in [0, 0.05) is 5.75 Å². The number of rotatable bonds is 3. The molecule has 1 atom stereocenters. The second kappa shape index (κ2) is 4.63. The first kappa shape index (κ1) is 8.89. The second-order valence-electron chi connectivity index (χ2n) is 3.11. The van der Waals surface area contributed by atoms with Gasteiger partial charge in [-0.2, -0.15) is 5.26 Å². The van der Waals surface area contributed by atoms with Crippen LogP contribution in [0.5, 0.6) is 0 Å². The van der Waals surface area contributed by atoms with Crippen molar-refractivity contribution in [1.82, 2.24) is 0 Å². The Hall–Kier alpha value is -0.200. The molecule has 1 aliphatic carbocycles. The zero-order chi connectivity index (χ0) is 8.10. The number of hydrogen-bond acceptors (Lipinski definition) is 3. The minimum atomic E-state index is 0.201. The van der Waals surface area contributed by atoms with Crippen LogP contribution in [0.3, 0.4) is 0 Å². The van der Waals surface area contributed by atoms with Gasteiger partial charge >= 0.3 is 0 Å². The van der Waals surface area contributed by atoms with E-state index in [0.717, 1.165) is 5.75 Å². The SMILES string of the molecule is N#CC(CSN)C1CCCC1. The molecule has 1 rings (SSSR count). The second-order valence-corrected chi connectivity index (χ2v) is 3.78. The highest BCUT2D eigenvalue weighted by atomic mass is 32.2. The molecule has 0 amide bonds. The third kappa shape index (κ3) is 2.39. The van der Waals surface area contributed by atoms with Crippen LogP contribution in [0.25, 0.3) is 0 Å². The van der Waals surface area contributed by atoms with Gasteiger partial charge in [0.15, 0.2) is 0 Å². The summed E-state index contributed by atoms with van der Waals surface area (Å²) in [7, 11) is 0. The van der Waals surface area contributed by atoms with Crippen LogP contribution in [-0.2, 0) is 0 Å². The number of nitrogens with two attached hydrogens (primary N) is 1. The minimum absolute atomic E-state index is 0.201. The largest absolute Gasteiger partial charge is 0.278 e. The topological polar surface area (TPSA) is 49.8 Å². The van der Waals surface area contributed by atoms with Crippen molar-refractivity contribution in [2.75, 3.05) is 5.75 Å². The van der Waals surface area contributed by atoms with Crippen LogP contribution in [0.15, 0.2) is 0 Å². The molecule has 3 heteroatoms. The summed E-state index contributed by atoms with van der Waals surface area (Å²) in [6, 6.07) is 2.34. The summed E-state index contributed by atoms with van der Waals surface area (Å²) in [5, 5.41) is 14.1. The Kier molecular flexibility index (Phi) is 3.74. The molecule has 0 aromatic heterocycles. The molecule has 0 radical (unpaired) electrons. The molecule has 1 aliphatic rings. The van der Waals surface area contributed by atoms with Crippen LogP contribution in [0.4, 0.5) is 0 Å². The summed E-state index contributed by atoms with van der Waals surface area (Å²) >= 11 is 1.30. The van der Waals surface area contributed by atoms with Crippen LogP contribution >= 0.6 is 11.9 Å². The molecule has 0 aromatic rings. The Bertz CT molecular complexity index is 147. The monoisotopic (exact) mass is 170 g/mol. The van der Waals surface area contributed by atoms with Crippen molar-refractivity contribution in [2.24, 2.45) is 17.0 Å². The highest BCUT2D eigenvalue weighted by Gasteiger charge is 2.24. The molecular formula is C8H14N2S. The van der Waals surface area contributed by atoms with Crippen molar-refractivity contribution in [3.8, 4) is 6.07 Å². The van der Waals surface area contributed by atoms with Crippen molar-refractivity contribution in [3.05, 3.63) is 0 Å². The van der Waals surface area contributed by atoms with Crippen LogP contribution in [0.1, 0.15) is 25.7 Å². The average Bonchev–Trinajstić information content (AvgIpc) is 2.52. The van der Waals surface area contributed by atoms with Gasteiger partial charge in [0.25, 0.3) is 0 Å². The maximum atomic E-state index is 8.80. The minimum Gasteiger partial charge on any atom is -0.278 e. The van der Waals surface area contributed by atoms with Gasteiger partial charge in [0.1, 0.15) is 0 Å². The maximum Gasteiger partial charge on any atom is 0.0667 e. The molecule has 0 saturated heterocycles. The Balaban J connectivity index is 2.35. The van der Waals surface area contributed by atoms with Crippen molar-refractivity contribution in [1.29, 1.82) is 5.26 Å². The first-order valence-corrected chi connectivity index (χ1v) is 5.14. The number of hydrogen-bond donors (Lipinski definition) is 1. The van der Waals surface area contributed by atoms with Crippen LogP contribution in [0.2, 0.25) is 0 Å².